The molecule has 1 heterocycles. The average molecular weight is 210 g/mol. The smallest absolute Gasteiger partial charge is 0.222 e. The molecule has 1 rings (SSSR count). The predicted molar refractivity (Wildman–Crippen MR) is 56.0 cm³/mol. The molecule has 4 heteroatoms. The molecule has 1 fully saturated rings. The summed E-state index contributed by atoms with van der Waals surface area (Å²) in [5.74, 6) is 0.149. The van der Waals surface area contributed by atoms with E-state index in [2.05, 4.69) is 6.07 Å². The summed E-state index contributed by atoms with van der Waals surface area (Å²) in [5.41, 5.74) is 0. The molecule has 1 atom stereocenters. The van der Waals surface area contributed by atoms with Crippen LogP contribution < -0.4 is 0 Å². The largest absolute Gasteiger partial charge is 0.377 e. The standard InChI is InChI=1S/C11H18N2O2/c1-9(2)15-6-5-13-8-10(7-12)3-4-11(13)14/h9-10H,3-6,8H2,1-2H3. The molecule has 0 spiro atoms. The fourth-order valence-electron chi connectivity index (χ4n) is 1.63. The van der Waals surface area contributed by atoms with Crippen molar-refractivity contribution in [2.75, 3.05) is 19.7 Å². The van der Waals surface area contributed by atoms with Crippen molar-refractivity contribution in [1.29, 1.82) is 5.26 Å². The molecule has 4 nitrogen and oxygen atoms in total. The van der Waals surface area contributed by atoms with Crippen LogP contribution in [0, 0.1) is 17.2 Å². The maximum absolute atomic E-state index is 11.5. The van der Waals surface area contributed by atoms with Gasteiger partial charge in [0.2, 0.25) is 5.91 Å². The van der Waals surface area contributed by atoms with Crippen molar-refractivity contribution < 1.29 is 9.53 Å². The van der Waals surface area contributed by atoms with E-state index in [0.29, 0.717) is 32.5 Å². The second-order valence-corrected chi connectivity index (χ2v) is 4.12. The molecule has 1 aliphatic rings. The molecule has 0 bridgehead atoms. The van der Waals surface area contributed by atoms with Crippen molar-refractivity contribution in [2.24, 2.45) is 5.92 Å². The topological polar surface area (TPSA) is 53.3 Å². The van der Waals surface area contributed by atoms with Crippen LogP contribution in [0.3, 0.4) is 0 Å². The zero-order valence-corrected chi connectivity index (χ0v) is 9.40. The number of nitrogens with zero attached hydrogens (tertiary/aromatic N) is 2. The van der Waals surface area contributed by atoms with Gasteiger partial charge in [-0.05, 0) is 20.3 Å². The number of carbonyl (C=O) groups is 1. The molecule has 15 heavy (non-hydrogen) atoms. The SMILES string of the molecule is CC(C)OCCN1CC(C#N)CCC1=O. The number of hydrogen-bond donors (Lipinski definition) is 0. The lowest BCUT2D eigenvalue weighted by Gasteiger charge is -2.29. The van der Waals surface area contributed by atoms with Crippen molar-refractivity contribution in [1.82, 2.24) is 4.90 Å². The normalized spacial score (nSPS) is 21.9. The summed E-state index contributed by atoms with van der Waals surface area (Å²) >= 11 is 0. The minimum atomic E-state index is 0.00162. The zero-order valence-electron chi connectivity index (χ0n) is 9.40. The Morgan fingerprint density at radius 1 is 1.67 bits per heavy atom. The van der Waals surface area contributed by atoms with Gasteiger partial charge in [0.1, 0.15) is 0 Å². The average Bonchev–Trinajstić information content (AvgIpc) is 2.20. The molecule has 0 radical (unpaired) electrons. The van der Waals surface area contributed by atoms with E-state index in [-0.39, 0.29) is 17.9 Å². The van der Waals surface area contributed by atoms with Crippen LogP contribution in [0.1, 0.15) is 26.7 Å². The highest BCUT2D eigenvalue weighted by molar-refractivity contribution is 5.77. The summed E-state index contributed by atoms with van der Waals surface area (Å²) in [7, 11) is 0. The van der Waals surface area contributed by atoms with Gasteiger partial charge in [0.05, 0.1) is 24.7 Å². The monoisotopic (exact) mass is 210 g/mol. The fraction of sp³-hybridized carbons (Fsp3) is 0.818. The number of piperidine rings is 1. The Morgan fingerprint density at radius 3 is 3.00 bits per heavy atom. The predicted octanol–water partition coefficient (Wildman–Crippen LogP) is 1.17. The lowest BCUT2D eigenvalue weighted by Crippen LogP contribution is -2.41. The van der Waals surface area contributed by atoms with Gasteiger partial charge in [0.15, 0.2) is 0 Å². The minimum Gasteiger partial charge on any atom is -0.377 e. The van der Waals surface area contributed by atoms with E-state index < -0.39 is 0 Å². The van der Waals surface area contributed by atoms with Crippen LogP contribution in [-0.4, -0.2) is 36.6 Å². The van der Waals surface area contributed by atoms with E-state index in [1.54, 1.807) is 4.90 Å². The molecule has 0 aromatic heterocycles. The van der Waals surface area contributed by atoms with Crippen LogP contribution in [0.15, 0.2) is 0 Å². The Bertz CT molecular complexity index is 258. The van der Waals surface area contributed by atoms with Gasteiger partial charge in [0, 0.05) is 19.5 Å². The molecule has 1 aliphatic heterocycles. The Kier molecular flexibility index (Phi) is 4.57. The molecule has 1 unspecified atom stereocenters. The minimum absolute atomic E-state index is 0.00162. The van der Waals surface area contributed by atoms with Gasteiger partial charge in [0.25, 0.3) is 0 Å². The third kappa shape index (κ3) is 3.88. The maximum atomic E-state index is 11.5. The number of rotatable bonds is 4. The van der Waals surface area contributed by atoms with Crippen molar-refractivity contribution in [3.63, 3.8) is 0 Å². The van der Waals surface area contributed by atoms with E-state index in [1.165, 1.54) is 0 Å². The summed E-state index contributed by atoms with van der Waals surface area (Å²) in [6.45, 7) is 5.67. The maximum Gasteiger partial charge on any atom is 0.222 e. The third-order valence-corrected chi connectivity index (χ3v) is 2.50. The van der Waals surface area contributed by atoms with Crippen LogP contribution in [-0.2, 0) is 9.53 Å². The molecule has 0 aromatic rings. The first-order valence-corrected chi connectivity index (χ1v) is 5.42. The quantitative estimate of drug-likeness (QED) is 0.700. The van der Waals surface area contributed by atoms with E-state index in [4.69, 9.17) is 10.00 Å². The van der Waals surface area contributed by atoms with E-state index in [0.717, 1.165) is 0 Å². The molecular weight excluding hydrogens is 192 g/mol. The Balaban J connectivity index is 2.32. The molecule has 0 aromatic carbocycles. The lowest BCUT2D eigenvalue weighted by atomic mass is 9.99. The fourth-order valence-corrected chi connectivity index (χ4v) is 1.63. The number of amides is 1. The van der Waals surface area contributed by atoms with E-state index in [9.17, 15) is 4.79 Å². The highest BCUT2D eigenvalue weighted by atomic mass is 16.5. The first kappa shape index (κ1) is 12.0. The number of carbonyl (C=O) groups excluding carboxylic acids is 1. The summed E-state index contributed by atoms with van der Waals surface area (Å²) in [6.07, 6.45) is 1.40. The first-order chi connectivity index (χ1) is 7.13. The summed E-state index contributed by atoms with van der Waals surface area (Å²) in [4.78, 5) is 13.2. The van der Waals surface area contributed by atoms with Crippen molar-refractivity contribution in [2.45, 2.75) is 32.8 Å². The van der Waals surface area contributed by atoms with Gasteiger partial charge in [-0.2, -0.15) is 5.26 Å². The Morgan fingerprint density at radius 2 is 2.40 bits per heavy atom. The van der Waals surface area contributed by atoms with Gasteiger partial charge in [-0.25, -0.2) is 0 Å². The highest BCUT2D eigenvalue weighted by Crippen LogP contribution is 2.16. The number of ether oxygens (including phenoxy) is 1. The second-order valence-electron chi connectivity index (χ2n) is 4.12. The molecule has 0 saturated carbocycles. The van der Waals surface area contributed by atoms with Crippen LogP contribution in [0.5, 0.6) is 0 Å². The van der Waals surface area contributed by atoms with Crippen LogP contribution in [0.2, 0.25) is 0 Å². The lowest BCUT2D eigenvalue weighted by molar-refractivity contribution is -0.135. The van der Waals surface area contributed by atoms with Crippen LogP contribution >= 0.6 is 0 Å². The van der Waals surface area contributed by atoms with Gasteiger partial charge < -0.3 is 9.64 Å². The molecule has 0 N–H and O–H groups in total. The zero-order chi connectivity index (χ0) is 11.3. The van der Waals surface area contributed by atoms with Gasteiger partial charge in [-0.15, -0.1) is 0 Å². The van der Waals surface area contributed by atoms with Gasteiger partial charge >= 0.3 is 0 Å². The Hall–Kier alpha value is -1.08. The van der Waals surface area contributed by atoms with Crippen molar-refractivity contribution >= 4 is 5.91 Å². The molecule has 84 valence electrons. The summed E-state index contributed by atoms with van der Waals surface area (Å²) < 4.78 is 5.38. The summed E-state index contributed by atoms with van der Waals surface area (Å²) in [6, 6.07) is 2.22. The number of nitriles is 1. The van der Waals surface area contributed by atoms with Gasteiger partial charge in [-0.1, -0.05) is 0 Å². The molecule has 1 saturated heterocycles. The van der Waals surface area contributed by atoms with Crippen LogP contribution in [0.25, 0.3) is 0 Å². The highest BCUT2D eigenvalue weighted by Gasteiger charge is 2.24. The first-order valence-electron chi connectivity index (χ1n) is 5.42. The Labute approximate surface area is 90.8 Å². The number of likely N-dealkylation sites (tertiary alicyclic amines) is 1. The molecular formula is C11H18N2O2. The van der Waals surface area contributed by atoms with E-state index >= 15 is 0 Å². The van der Waals surface area contributed by atoms with Crippen LogP contribution in [0.4, 0.5) is 0 Å². The molecule has 0 aliphatic carbocycles. The van der Waals surface area contributed by atoms with E-state index in [1.807, 2.05) is 13.8 Å². The van der Waals surface area contributed by atoms with Crippen molar-refractivity contribution in [3.8, 4) is 6.07 Å². The van der Waals surface area contributed by atoms with Crippen molar-refractivity contribution in [3.05, 3.63) is 0 Å². The molecule has 1 amide bonds. The summed E-state index contributed by atoms with van der Waals surface area (Å²) in [5, 5.41) is 8.79. The number of hydrogen-bond acceptors (Lipinski definition) is 3. The third-order valence-electron chi connectivity index (χ3n) is 2.50. The van der Waals surface area contributed by atoms with Gasteiger partial charge in [-0.3, -0.25) is 4.79 Å². The second kappa shape index (κ2) is 5.72.